The molecule has 18 heavy (non-hydrogen) atoms. The van der Waals surface area contributed by atoms with Crippen LogP contribution in [0.15, 0.2) is 30.6 Å². The van der Waals surface area contributed by atoms with Crippen molar-refractivity contribution in [2.45, 2.75) is 0 Å². The quantitative estimate of drug-likeness (QED) is 0.906. The van der Waals surface area contributed by atoms with Crippen LogP contribution < -0.4 is 9.68 Å². The normalized spacial score (nSPS) is 9.83. The Balaban J connectivity index is 2.58. The Labute approximate surface area is 101 Å². The molecule has 0 aliphatic rings. The Morgan fingerprint density at radius 3 is 2.78 bits per heavy atom. The van der Waals surface area contributed by atoms with Gasteiger partial charge in [0, 0.05) is 28.0 Å². The van der Waals surface area contributed by atoms with E-state index in [-0.39, 0.29) is 11.5 Å². The molecule has 1 heterocycles. The van der Waals surface area contributed by atoms with Crippen LogP contribution in [-0.2, 0) is 0 Å². The van der Waals surface area contributed by atoms with Crippen molar-refractivity contribution in [1.82, 2.24) is 4.98 Å². The number of hydrogen-bond donors (Lipinski definition) is 1. The summed E-state index contributed by atoms with van der Waals surface area (Å²) in [5.74, 6) is -0.325. The maximum Gasteiger partial charge on any atom is 0.228 e. The second-order valence-corrected chi connectivity index (χ2v) is 3.36. The first-order chi connectivity index (χ1) is 8.81. The number of para-hydroxylation sites is 1. The van der Waals surface area contributed by atoms with Gasteiger partial charge in [0.05, 0.1) is 5.56 Å². The number of ether oxygens (including phenoxy) is 1. The van der Waals surface area contributed by atoms with Gasteiger partial charge in [0.25, 0.3) is 0 Å². The monoisotopic (exact) mass is 250 g/mol. The van der Waals surface area contributed by atoms with Gasteiger partial charge in [-0.25, -0.2) is 4.39 Å². The summed E-state index contributed by atoms with van der Waals surface area (Å²) in [6.07, 6.45) is 3.00. The van der Waals surface area contributed by atoms with Gasteiger partial charge in [-0.1, -0.05) is 12.1 Å². The number of nitriles is 1. The van der Waals surface area contributed by atoms with Gasteiger partial charge < -0.3 is 9.72 Å². The fourth-order valence-corrected chi connectivity index (χ4v) is 1.66. The lowest BCUT2D eigenvalue weighted by Gasteiger charge is -2.09. The standard InChI is InChI=1S/C12H8F2N2O2/c13-7-17-11-3-1-2-9(12(11)18-14)10-6-16-5-8(10)4-15/h1-3,5-6,16H,7H2. The van der Waals surface area contributed by atoms with Gasteiger partial charge in [-0.05, 0) is 6.07 Å². The summed E-state index contributed by atoms with van der Waals surface area (Å²) < 4.78 is 29.4. The van der Waals surface area contributed by atoms with E-state index < -0.39 is 6.86 Å². The minimum absolute atomic E-state index is 0.0670. The summed E-state index contributed by atoms with van der Waals surface area (Å²) in [4.78, 5) is 6.47. The molecule has 0 atom stereocenters. The third-order valence-electron chi connectivity index (χ3n) is 2.42. The maximum atomic E-state index is 12.6. The molecule has 92 valence electrons. The van der Waals surface area contributed by atoms with Gasteiger partial charge in [-0.2, -0.15) is 5.26 Å². The molecule has 0 bridgehead atoms. The number of aromatic amines is 1. The number of H-pyrrole nitrogens is 1. The lowest BCUT2D eigenvalue weighted by molar-refractivity contribution is -0.0100. The maximum absolute atomic E-state index is 12.6. The lowest BCUT2D eigenvalue weighted by Crippen LogP contribution is -1.94. The molecule has 0 radical (unpaired) electrons. The third-order valence-corrected chi connectivity index (χ3v) is 2.42. The minimum atomic E-state index is -1.10. The summed E-state index contributed by atoms with van der Waals surface area (Å²) in [7, 11) is 0. The zero-order valence-electron chi connectivity index (χ0n) is 9.11. The van der Waals surface area contributed by atoms with Crippen LogP contribution in [-0.4, -0.2) is 11.8 Å². The first kappa shape index (κ1) is 11.9. The van der Waals surface area contributed by atoms with Gasteiger partial charge in [-0.3, -0.25) is 4.94 Å². The van der Waals surface area contributed by atoms with Crippen molar-refractivity contribution < 1.29 is 18.6 Å². The van der Waals surface area contributed by atoms with Crippen molar-refractivity contribution in [2.75, 3.05) is 6.86 Å². The van der Waals surface area contributed by atoms with E-state index in [0.717, 1.165) is 0 Å². The largest absolute Gasteiger partial charge is 0.459 e. The van der Waals surface area contributed by atoms with E-state index in [1.165, 1.54) is 18.5 Å². The molecule has 4 nitrogen and oxygen atoms in total. The summed E-state index contributed by atoms with van der Waals surface area (Å²) in [5, 5.41) is 8.91. The zero-order valence-corrected chi connectivity index (χ0v) is 9.11. The Morgan fingerprint density at radius 2 is 2.11 bits per heavy atom. The Hall–Kier alpha value is -2.55. The topological polar surface area (TPSA) is 58.0 Å². The average Bonchev–Trinajstić information content (AvgIpc) is 2.87. The zero-order chi connectivity index (χ0) is 13.0. The molecule has 0 amide bonds. The molecule has 0 aliphatic heterocycles. The Morgan fingerprint density at radius 1 is 1.28 bits per heavy atom. The highest BCUT2D eigenvalue weighted by Crippen LogP contribution is 2.39. The summed E-state index contributed by atoms with van der Waals surface area (Å²) >= 11 is 0. The van der Waals surface area contributed by atoms with E-state index in [4.69, 9.17) is 5.26 Å². The molecule has 1 aromatic heterocycles. The molecule has 0 spiro atoms. The van der Waals surface area contributed by atoms with Crippen LogP contribution in [0.4, 0.5) is 8.92 Å². The molecular weight excluding hydrogens is 242 g/mol. The van der Waals surface area contributed by atoms with Gasteiger partial charge in [0.2, 0.25) is 12.6 Å². The highest BCUT2D eigenvalue weighted by atomic mass is 19.3. The van der Waals surface area contributed by atoms with Crippen molar-refractivity contribution >= 4 is 0 Å². The van der Waals surface area contributed by atoms with Crippen LogP contribution in [0.25, 0.3) is 11.1 Å². The number of nitrogens with zero attached hydrogens (tertiary/aromatic N) is 1. The van der Waals surface area contributed by atoms with Gasteiger partial charge in [0.1, 0.15) is 6.07 Å². The average molecular weight is 250 g/mol. The fraction of sp³-hybridized carbons (Fsp3) is 0.0833. The fourth-order valence-electron chi connectivity index (χ4n) is 1.66. The van der Waals surface area contributed by atoms with E-state index >= 15 is 0 Å². The number of alkyl halides is 1. The number of nitrogens with one attached hydrogen (secondary N) is 1. The summed E-state index contributed by atoms with van der Waals surface area (Å²) in [6.45, 7) is -1.10. The van der Waals surface area contributed by atoms with E-state index in [0.29, 0.717) is 16.7 Å². The number of hydrogen-bond acceptors (Lipinski definition) is 3. The molecule has 0 fully saturated rings. The molecule has 0 unspecified atom stereocenters. The molecule has 1 N–H and O–H groups in total. The number of aromatic nitrogens is 1. The van der Waals surface area contributed by atoms with E-state index in [2.05, 4.69) is 14.7 Å². The molecule has 2 rings (SSSR count). The van der Waals surface area contributed by atoms with Crippen molar-refractivity contribution in [3.63, 3.8) is 0 Å². The first-order valence-corrected chi connectivity index (χ1v) is 4.99. The van der Waals surface area contributed by atoms with Crippen LogP contribution in [0, 0.1) is 11.3 Å². The van der Waals surface area contributed by atoms with Crippen molar-refractivity contribution in [3.8, 4) is 28.7 Å². The second-order valence-electron chi connectivity index (χ2n) is 3.36. The molecule has 0 saturated heterocycles. The third kappa shape index (κ3) is 1.98. The van der Waals surface area contributed by atoms with Crippen molar-refractivity contribution in [2.24, 2.45) is 0 Å². The molecule has 6 heteroatoms. The molecule has 0 saturated carbocycles. The Kier molecular flexibility index (Phi) is 3.44. The highest BCUT2D eigenvalue weighted by Gasteiger charge is 2.17. The smallest absolute Gasteiger partial charge is 0.228 e. The van der Waals surface area contributed by atoms with Crippen molar-refractivity contribution in [3.05, 3.63) is 36.2 Å². The Bertz CT molecular complexity index is 590. The predicted molar refractivity (Wildman–Crippen MR) is 59.3 cm³/mol. The van der Waals surface area contributed by atoms with E-state index in [9.17, 15) is 8.92 Å². The first-order valence-electron chi connectivity index (χ1n) is 4.99. The van der Waals surface area contributed by atoms with E-state index in [1.54, 1.807) is 12.1 Å². The molecule has 0 aliphatic carbocycles. The lowest BCUT2D eigenvalue weighted by atomic mass is 10.0. The van der Waals surface area contributed by atoms with Crippen molar-refractivity contribution in [1.29, 1.82) is 5.26 Å². The minimum Gasteiger partial charge on any atom is -0.459 e. The summed E-state index contributed by atoms with van der Waals surface area (Å²) in [6, 6.07) is 6.42. The SMILES string of the molecule is N#Cc1c[nH]cc1-c1cccc(OCF)c1OF. The van der Waals surface area contributed by atoms with Crippen LogP contribution in [0.5, 0.6) is 11.5 Å². The molecular formula is C12H8F2N2O2. The second kappa shape index (κ2) is 5.19. The van der Waals surface area contributed by atoms with Crippen LogP contribution in [0.1, 0.15) is 5.56 Å². The van der Waals surface area contributed by atoms with Crippen LogP contribution >= 0.6 is 0 Å². The predicted octanol–water partition coefficient (Wildman–Crippen LogP) is 3.12. The molecule has 2 aromatic rings. The van der Waals surface area contributed by atoms with Crippen LogP contribution in [0.2, 0.25) is 0 Å². The number of rotatable bonds is 4. The number of halogens is 2. The van der Waals surface area contributed by atoms with Gasteiger partial charge in [0.15, 0.2) is 5.75 Å². The van der Waals surface area contributed by atoms with Crippen LogP contribution in [0.3, 0.4) is 0 Å². The highest BCUT2D eigenvalue weighted by molar-refractivity contribution is 5.77. The number of benzene rings is 1. The van der Waals surface area contributed by atoms with E-state index in [1.807, 2.05) is 6.07 Å². The van der Waals surface area contributed by atoms with Gasteiger partial charge in [-0.15, -0.1) is 0 Å². The summed E-state index contributed by atoms with van der Waals surface area (Å²) in [5.41, 5.74) is 1.08. The van der Waals surface area contributed by atoms with Gasteiger partial charge >= 0.3 is 0 Å². The molecule has 1 aromatic carbocycles.